The van der Waals surface area contributed by atoms with Crippen LogP contribution in [0.1, 0.15) is 18.4 Å². The Morgan fingerprint density at radius 3 is 3.00 bits per heavy atom. The van der Waals surface area contributed by atoms with Crippen molar-refractivity contribution in [3.05, 3.63) is 30.1 Å². The van der Waals surface area contributed by atoms with Gasteiger partial charge in [0.25, 0.3) is 0 Å². The molecule has 1 N–H and O–H groups in total. The van der Waals surface area contributed by atoms with E-state index in [9.17, 15) is 0 Å². The molecule has 0 amide bonds. The predicted molar refractivity (Wildman–Crippen MR) is 70.9 cm³/mol. The summed E-state index contributed by atoms with van der Waals surface area (Å²) in [5, 5.41) is 3.57. The molecule has 0 unspecified atom stereocenters. The number of pyridine rings is 1. The molecule has 16 heavy (non-hydrogen) atoms. The van der Waals surface area contributed by atoms with E-state index in [2.05, 4.69) is 28.1 Å². The van der Waals surface area contributed by atoms with Crippen LogP contribution >= 0.6 is 11.8 Å². The van der Waals surface area contributed by atoms with Gasteiger partial charge in [0, 0.05) is 12.4 Å². The van der Waals surface area contributed by atoms with Crippen LogP contribution in [0.3, 0.4) is 0 Å². The summed E-state index contributed by atoms with van der Waals surface area (Å²) in [5.41, 5.74) is 1.33. The number of hydrogen-bond donors (Lipinski definition) is 1. The average Bonchev–Trinajstić information content (AvgIpc) is 2.37. The average molecular weight is 236 g/mol. The number of nitrogens with zero attached hydrogens (tertiary/aromatic N) is 1. The maximum atomic E-state index is 4.12. The lowest BCUT2D eigenvalue weighted by molar-refractivity contribution is 0.450. The lowest BCUT2D eigenvalue weighted by atomic mass is 10.0. The van der Waals surface area contributed by atoms with Crippen molar-refractivity contribution in [2.75, 3.05) is 24.6 Å². The molecule has 0 saturated carbocycles. The normalized spacial score (nSPS) is 17.5. The molecule has 0 radical (unpaired) electrons. The largest absolute Gasteiger partial charge is 0.316 e. The van der Waals surface area contributed by atoms with Gasteiger partial charge in [0.1, 0.15) is 0 Å². The molecule has 1 aromatic heterocycles. The van der Waals surface area contributed by atoms with Gasteiger partial charge in [-0.05, 0) is 61.4 Å². The van der Waals surface area contributed by atoms with E-state index < -0.39 is 0 Å². The Morgan fingerprint density at radius 1 is 1.38 bits per heavy atom. The standard InChI is InChI=1S/C13H20N2S/c1-2-12(10-14-6-1)3-7-15-11-13-4-8-16-9-5-13/h1-2,6,10,13,15H,3-5,7-9,11H2. The first-order chi connectivity index (χ1) is 7.95. The zero-order valence-electron chi connectivity index (χ0n) is 9.69. The maximum Gasteiger partial charge on any atom is 0.0300 e. The smallest absolute Gasteiger partial charge is 0.0300 e. The topological polar surface area (TPSA) is 24.9 Å². The van der Waals surface area contributed by atoms with Crippen LogP contribution in [0.15, 0.2) is 24.5 Å². The van der Waals surface area contributed by atoms with Gasteiger partial charge in [-0.25, -0.2) is 0 Å². The third-order valence-corrected chi connectivity index (χ3v) is 4.14. The van der Waals surface area contributed by atoms with Crippen molar-refractivity contribution in [2.24, 2.45) is 5.92 Å². The number of hydrogen-bond acceptors (Lipinski definition) is 3. The SMILES string of the molecule is c1cncc(CCNCC2CCSCC2)c1. The molecule has 0 aliphatic carbocycles. The fourth-order valence-corrected chi connectivity index (χ4v) is 3.24. The number of thioether (sulfide) groups is 1. The van der Waals surface area contributed by atoms with Crippen LogP contribution < -0.4 is 5.32 Å². The van der Waals surface area contributed by atoms with Crippen LogP contribution in [0.4, 0.5) is 0 Å². The van der Waals surface area contributed by atoms with Gasteiger partial charge in [-0.1, -0.05) is 6.07 Å². The van der Waals surface area contributed by atoms with E-state index in [1.165, 1.54) is 36.5 Å². The summed E-state index contributed by atoms with van der Waals surface area (Å²) >= 11 is 2.10. The molecule has 1 saturated heterocycles. The Balaban J connectivity index is 1.58. The summed E-state index contributed by atoms with van der Waals surface area (Å²) in [6, 6.07) is 4.15. The van der Waals surface area contributed by atoms with Crippen molar-refractivity contribution in [3.63, 3.8) is 0 Å². The summed E-state index contributed by atoms with van der Waals surface area (Å²) in [5.74, 6) is 3.62. The van der Waals surface area contributed by atoms with Gasteiger partial charge in [-0.2, -0.15) is 11.8 Å². The highest BCUT2D eigenvalue weighted by atomic mass is 32.2. The van der Waals surface area contributed by atoms with Gasteiger partial charge in [0.2, 0.25) is 0 Å². The molecule has 1 aliphatic rings. The van der Waals surface area contributed by atoms with Gasteiger partial charge in [-0.15, -0.1) is 0 Å². The summed E-state index contributed by atoms with van der Waals surface area (Å²) in [7, 11) is 0. The molecule has 0 spiro atoms. The highest BCUT2D eigenvalue weighted by molar-refractivity contribution is 7.99. The first-order valence-electron chi connectivity index (χ1n) is 6.12. The zero-order chi connectivity index (χ0) is 11.1. The third kappa shape index (κ3) is 4.14. The Hall–Kier alpha value is -0.540. The van der Waals surface area contributed by atoms with Gasteiger partial charge >= 0.3 is 0 Å². The molecule has 3 heteroatoms. The van der Waals surface area contributed by atoms with Crippen LogP contribution in [0.2, 0.25) is 0 Å². The fraction of sp³-hybridized carbons (Fsp3) is 0.615. The van der Waals surface area contributed by atoms with E-state index in [-0.39, 0.29) is 0 Å². The van der Waals surface area contributed by atoms with Gasteiger partial charge in [0.15, 0.2) is 0 Å². The molecule has 2 nitrogen and oxygen atoms in total. The quantitative estimate of drug-likeness (QED) is 0.794. The Bertz CT molecular complexity index is 283. The zero-order valence-corrected chi connectivity index (χ0v) is 10.5. The van der Waals surface area contributed by atoms with Crippen LogP contribution in [0, 0.1) is 5.92 Å². The highest BCUT2D eigenvalue weighted by Gasteiger charge is 2.12. The highest BCUT2D eigenvalue weighted by Crippen LogP contribution is 2.21. The van der Waals surface area contributed by atoms with Crippen LogP contribution in [0.5, 0.6) is 0 Å². The number of aromatic nitrogens is 1. The van der Waals surface area contributed by atoms with Crippen molar-refractivity contribution in [1.29, 1.82) is 0 Å². The minimum Gasteiger partial charge on any atom is -0.316 e. The van der Waals surface area contributed by atoms with Gasteiger partial charge < -0.3 is 5.32 Å². The van der Waals surface area contributed by atoms with Gasteiger partial charge in [-0.3, -0.25) is 4.98 Å². The van der Waals surface area contributed by atoms with Crippen molar-refractivity contribution < 1.29 is 0 Å². The Morgan fingerprint density at radius 2 is 2.25 bits per heavy atom. The molecular formula is C13H20N2S. The van der Waals surface area contributed by atoms with Crippen molar-refractivity contribution in [2.45, 2.75) is 19.3 Å². The molecule has 0 atom stereocenters. The summed E-state index contributed by atoms with van der Waals surface area (Å²) < 4.78 is 0. The second-order valence-electron chi connectivity index (χ2n) is 4.37. The van der Waals surface area contributed by atoms with Crippen molar-refractivity contribution in [3.8, 4) is 0 Å². The minimum absolute atomic E-state index is 0.912. The molecule has 2 heterocycles. The molecule has 0 aromatic carbocycles. The molecule has 1 aromatic rings. The molecular weight excluding hydrogens is 216 g/mol. The minimum atomic E-state index is 0.912. The lowest BCUT2D eigenvalue weighted by Gasteiger charge is -2.21. The second kappa shape index (κ2) is 6.92. The van der Waals surface area contributed by atoms with E-state index in [1.807, 2.05) is 18.5 Å². The number of nitrogens with one attached hydrogen (secondary N) is 1. The molecule has 1 fully saturated rings. The van der Waals surface area contributed by atoms with Crippen LogP contribution in [0.25, 0.3) is 0 Å². The first-order valence-corrected chi connectivity index (χ1v) is 7.28. The maximum absolute atomic E-state index is 4.12. The number of rotatable bonds is 5. The van der Waals surface area contributed by atoms with Crippen LogP contribution in [-0.4, -0.2) is 29.6 Å². The second-order valence-corrected chi connectivity index (χ2v) is 5.60. The van der Waals surface area contributed by atoms with Crippen molar-refractivity contribution in [1.82, 2.24) is 10.3 Å². The molecule has 0 bridgehead atoms. The molecule has 1 aliphatic heterocycles. The van der Waals surface area contributed by atoms with Crippen LogP contribution in [-0.2, 0) is 6.42 Å². The fourth-order valence-electron chi connectivity index (χ4n) is 2.04. The Labute approximate surface area is 102 Å². The summed E-state index contributed by atoms with van der Waals surface area (Å²) in [4.78, 5) is 4.12. The monoisotopic (exact) mass is 236 g/mol. The van der Waals surface area contributed by atoms with Gasteiger partial charge in [0.05, 0.1) is 0 Å². The summed E-state index contributed by atoms with van der Waals surface area (Å²) in [6.07, 6.45) is 7.67. The summed E-state index contributed by atoms with van der Waals surface area (Å²) in [6.45, 7) is 2.27. The van der Waals surface area contributed by atoms with Crippen molar-refractivity contribution >= 4 is 11.8 Å². The van der Waals surface area contributed by atoms with E-state index in [1.54, 1.807) is 0 Å². The van der Waals surface area contributed by atoms with E-state index >= 15 is 0 Å². The predicted octanol–water partition coefficient (Wildman–Crippen LogP) is 2.36. The third-order valence-electron chi connectivity index (χ3n) is 3.09. The Kier molecular flexibility index (Phi) is 5.16. The van der Waals surface area contributed by atoms with E-state index in [0.717, 1.165) is 18.9 Å². The first kappa shape index (κ1) is 11.9. The molecule has 2 rings (SSSR count). The molecule has 88 valence electrons. The van der Waals surface area contributed by atoms with E-state index in [0.29, 0.717) is 0 Å². The van der Waals surface area contributed by atoms with E-state index in [4.69, 9.17) is 0 Å². The lowest BCUT2D eigenvalue weighted by Crippen LogP contribution is -2.27.